The topological polar surface area (TPSA) is 79.3 Å². The molecular formula is C17H19FN2O3S. The number of carboxylic acid groups (broad SMARTS) is 1. The van der Waals surface area contributed by atoms with Crippen molar-refractivity contribution in [2.75, 3.05) is 0 Å². The Kier molecular flexibility index (Phi) is 6.43. The van der Waals surface area contributed by atoms with Gasteiger partial charge in [0.1, 0.15) is 16.9 Å². The molecule has 0 saturated carbocycles. The average molecular weight is 350 g/mol. The minimum absolute atomic E-state index is 0.0295. The minimum atomic E-state index is -1.03. The van der Waals surface area contributed by atoms with Crippen LogP contribution in [0, 0.1) is 5.82 Å². The first-order valence-electron chi connectivity index (χ1n) is 7.72. The smallest absolute Gasteiger partial charge is 0.326 e. The van der Waals surface area contributed by atoms with Gasteiger partial charge in [0, 0.05) is 10.9 Å². The number of rotatable bonds is 8. The number of carbonyl (C=O) groups excluding carboxylic acids is 1. The van der Waals surface area contributed by atoms with Crippen LogP contribution in [-0.2, 0) is 16.0 Å². The lowest BCUT2D eigenvalue weighted by Crippen LogP contribution is -2.41. The molecule has 24 heavy (non-hydrogen) atoms. The van der Waals surface area contributed by atoms with E-state index in [4.69, 9.17) is 5.11 Å². The van der Waals surface area contributed by atoms with Gasteiger partial charge >= 0.3 is 5.97 Å². The molecule has 7 heteroatoms. The predicted molar refractivity (Wildman–Crippen MR) is 90.3 cm³/mol. The highest BCUT2D eigenvalue weighted by atomic mass is 32.1. The molecule has 1 atom stereocenters. The Labute approximate surface area is 143 Å². The van der Waals surface area contributed by atoms with Crippen LogP contribution >= 0.6 is 11.3 Å². The summed E-state index contributed by atoms with van der Waals surface area (Å²) < 4.78 is 12.9. The van der Waals surface area contributed by atoms with Crippen molar-refractivity contribution in [3.8, 4) is 11.3 Å². The van der Waals surface area contributed by atoms with Crippen molar-refractivity contribution in [3.05, 3.63) is 40.5 Å². The monoisotopic (exact) mass is 350 g/mol. The molecule has 1 aromatic carbocycles. The second kappa shape index (κ2) is 8.54. The zero-order valence-corrected chi connectivity index (χ0v) is 14.1. The van der Waals surface area contributed by atoms with Crippen LogP contribution in [0.4, 0.5) is 4.39 Å². The fourth-order valence-corrected chi connectivity index (χ4v) is 3.00. The third-order valence-electron chi connectivity index (χ3n) is 3.48. The number of aromatic nitrogens is 1. The Morgan fingerprint density at radius 3 is 2.67 bits per heavy atom. The van der Waals surface area contributed by atoms with E-state index in [1.165, 1.54) is 23.5 Å². The number of amides is 1. The number of hydrogen-bond donors (Lipinski definition) is 2. The fourth-order valence-electron chi connectivity index (χ4n) is 2.19. The van der Waals surface area contributed by atoms with Gasteiger partial charge in [0.25, 0.3) is 0 Å². The van der Waals surface area contributed by atoms with Crippen LogP contribution in [-0.4, -0.2) is 28.0 Å². The molecule has 2 aromatic rings. The molecule has 1 aromatic heterocycles. The summed E-state index contributed by atoms with van der Waals surface area (Å²) >= 11 is 1.32. The summed E-state index contributed by atoms with van der Waals surface area (Å²) in [7, 11) is 0. The van der Waals surface area contributed by atoms with Gasteiger partial charge in [0.2, 0.25) is 5.91 Å². The molecule has 0 fully saturated rings. The molecule has 2 rings (SSSR count). The van der Waals surface area contributed by atoms with Crippen LogP contribution in [0.25, 0.3) is 11.3 Å². The zero-order valence-electron chi connectivity index (χ0n) is 13.3. The van der Waals surface area contributed by atoms with Crippen LogP contribution in [0.5, 0.6) is 0 Å². The molecule has 0 radical (unpaired) electrons. The summed E-state index contributed by atoms with van der Waals surface area (Å²) in [5.41, 5.74) is 1.44. The molecule has 0 aliphatic rings. The van der Waals surface area contributed by atoms with E-state index in [1.807, 2.05) is 6.92 Å². The first kappa shape index (κ1) is 18.1. The van der Waals surface area contributed by atoms with Gasteiger partial charge in [-0.25, -0.2) is 14.2 Å². The Morgan fingerprint density at radius 2 is 2.04 bits per heavy atom. The predicted octanol–water partition coefficient (Wildman–Crippen LogP) is 3.25. The van der Waals surface area contributed by atoms with Gasteiger partial charge in [-0.2, -0.15) is 0 Å². The number of nitrogens with zero attached hydrogens (tertiary/aromatic N) is 1. The zero-order chi connectivity index (χ0) is 17.5. The number of halogens is 1. The Bertz CT molecular complexity index is 700. The van der Waals surface area contributed by atoms with E-state index >= 15 is 0 Å². The summed E-state index contributed by atoms with van der Waals surface area (Å²) in [5.74, 6) is -1.71. The number of benzene rings is 1. The van der Waals surface area contributed by atoms with Crippen molar-refractivity contribution in [2.45, 2.75) is 38.6 Å². The van der Waals surface area contributed by atoms with Crippen molar-refractivity contribution >= 4 is 23.2 Å². The first-order valence-corrected chi connectivity index (χ1v) is 8.60. The van der Waals surface area contributed by atoms with Gasteiger partial charge in [0.05, 0.1) is 12.1 Å². The molecule has 0 saturated heterocycles. The molecule has 128 valence electrons. The molecule has 1 heterocycles. The van der Waals surface area contributed by atoms with Gasteiger partial charge < -0.3 is 10.4 Å². The van der Waals surface area contributed by atoms with Crippen LogP contribution in [0.3, 0.4) is 0 Å². The molecule has 2 N–H and O–H groups in total. The highest BCUT2D eigenvalue weighted by molar-refractivity contribution is 7.10. The van der Waals surface area contributed by atoms with Gasteiger partial charge in [-0.1, -0.05) is 19.8 Å². The van der Waals surface area contributed by atoms with E-state index in [0.29, 0.717) is 17.1 Å². The standard InChI is InChI=1S/C17H19FN2O3S/c1-2-3-4-13(17(22)23)19-15(21)9-16-20-14(10-24-16)11-5-7-12(18)8-6-11/h5-8,10,13H,2-4,9H2,1H3,(H,19,21)(H,22,23). The van der Waals surface area contributed by atoms with Crippen LogP contribution < -0.4 is 5.32 Å². The van der Waals surface area contributed by atoms with Crippen LogP contribution in [0.2, 0.25) is 0 Å². The fraction of sp³-hybridized carbons (Fsp3) is 0.353. The largest absolute Gasteiger partial charge is 0.480 e. The maximum atomic E-state index is 12.9. The molecule has 1 unspecified atom stereocenters. The lowest BCUT2D eigenvalue weighted by Gasteiger charge is -2.13. The Morgan fingerprint density at radius 1 is 1.33 bits per heavy atom. The third-order valence-corrected chi connectivity index (χ3v) is 4.33. The normalized spacial score (nSPS) is 11.9. The number of nitrogens with one attached hydrogen (secondary N) is 1. The van der Waals surface area contributed by atoms with Gasteiger partial charge in [-0.05, 0) is 30.7 Å². The molecule has 5 nitrogen and oxygen atoms in total. The van der Waals surface area contributed by atoms with Crippen molar-refractivity contribution < 1.29 is 19.1 Å². The highest BCUT2D eigenvalue weighted by Gasteiger charge is 2.20. The molecule has 0 bridgehead atoms. The Balaban J connectivity index is 1.97. The number of carboxylic acids is 1. The summed E-state index contributed by atoms with van der Waals surface area (Å²) in [6, 6.07) is 5.09. The number of unbranched alkanes of at least 4 members (excludes halogenated alkanes) is 1. The summed E-state index contributed by atoms with van der Waals surface area (Å²) in [6.45, 7) is 1.97. The molecule has 0 aliphatic carbocycles. The minimum Gasteiger partial charge on any atom is -0.480 e. The highest BCUT2D eigenvalue weighted by Crippen LogP contribution is 2.22. The van der Waals surface area contributed by atoms with E-state index in [2.05, 4.69) is 10.3 Å². The Hall–Kier alpha value is -2.28. The van der Waals surface area contributed by atoms with E-state index in [1.54, 1.807) is 17.5 Å². The maximum Gasteiger partial charge on any atom is 0.326 e. The quantitative estimate of drug-likeness (QED) is 0.766. The van der Waals surface area contributed by atoms with E-state index in [0.717, 1.165) is 18.4 Å². The number of thiazole rings is 1. The molecule has 0 spiro atoms. The summed E-state index contributed by atoms with van der Waals surface area (Å²) in [5, 5.41) is 14.0. The first-order chi connectivity index (χ1) is 11.5. The van der Waals surface area contributed by atoms with E-state index < -0.39 is 12.0 Å². The third kappa shape index (κ3) is 5.13. The van der Waals surface area contributed by atoms with Crippen LogP contribution in [0.15, 0.2) is 29.6 Å². The molecular weight excluding hydrogens is 331 g/mol. The average Bonchev–Trinajstić information content (AvgIpc) is 3.00. The van der Waals surface area contributed by atoms with Crippen LogP contribution in [0.1, 0.15) is 31.2 Å². The van der Waals surface area contributed by atoms with Crippen molar-refractivity contribution in [1.29, 1.82) is 0 Å². The number of aliphatic carboxylic acids is 1. The van der Waals surface area contributed by atoms with Gasteiger partial charge in [-0.3, -0.25) is 4.79 Å². The lowest BCUT2D eigenvalue weighted by molar-refractivity contribution is -0.142. The van der Waals surface area contributed by atoms with Crippen molar-refractivity contribution in [2.24, 2.45) is 0 Å². The lowest BCUT2D eigenvalue weighted by atomic mass is 10.1. The van der Waals surface area contributed by atoms with Crippen molar-refractivity contribution in [1.82, 2.24) is 10.3 Å². The number of carbonyl (C=O) groups is 2. The summed E-state index contributed by atoms with van der Waals surface area (Å²) in [4.78, 5) is 27.5. The van der Waals surface area contributed by atoms with E-state index in [-0.39, 0.29) is 18.1 Å². The second-order valence-corrected chi connectivity index (χ2v) is 6.35. The SMILES string of the molecule is CCCCC(NC(=O)Cc1nc(-c2ccc(F)cc2)cs1)C(=O)O. The second-order valence-electron chi connectivity index (χ2n) is 5.41. The maximum absolute atomic E-state index is 12.9. The van der Waals surface area contributed by atoms with Gasteiger partial charge in [0.15, 0.2) is 0 Å². The van der Waals surface area contributed by atoms with Gasteiger partial charge in [-0.15, -0.1) is 11.3 Å². The molecule has 1 amide bonds. The van der Waals surface area contributed by atoms with E-state index in [9.17, 15) is 14.0 Å². The molecule has 0 aliphatic heterocycles. The number of hydrogen-bond acceptors (Lipinski definition) is 4. The van der Waals surface area contributed by atoms with Crippen molar-refractivity contribution in [3.63, 3.8) is 0 Å². The summed E-state index contributed by atoms with van der Waals surface area (Å²) in [6.07, 6.45) is 2.05.